The van der Waals surface area contributed by atoms with Crippen molar-refractivity contribution in [2.75, 3.05) is 0 Å². The van der Waals surface area contributed by atoms with Gasteiger partial charge < -0.3 is 0 Å². The molecule has 2 aliphatic carbocycles. The first-order valence-corrected chi connectivity index (χ1v) is 8.62. The molecule has 1 aromatic carbocycles. The lowest BCUT2D eigenvalue weighted by Gasteiger charge is -2.36. The molecule has 2 aromatic rings. The zero-order chi connectivity index (χ0) is 14.2. The molecular weight excluding hydrogens is 326 g/mol. The second kappa shape index (κ2) is 5.58. The number of fused-ring (bicyclic) bond motifs is 1. The number of rotatable bonds is 4. The molecule has 1 aromatic heterocycles. The van der Waals surface area contributed by atoms with Crippen molar-refractivity contribution in [2.24, 2.45) is 0 Å². The maximum Gasteiger partial charge on any atom is 0.0936 e. The number of halogens is 1. The molecule has 4 rings (SSSR count). The molecule has 110 valence electrons. The van der Waals surface area contributed by atoms with E-state index in [0.29, 0.717) is 6.04 Å². The number of hydrogen-bond donors (Lipinski definition) is 0. The summed E-state index contributed by atoms with van der Waals surface area (Å²) in [5.74, 6) is 0. The van der Waals surface area contributed by atoms with Crippen molar-refractivity contribution in [3.05, 3.63) is 52.3 Å². The fourth-order valence-electron chi connectivity index (χ4n) is 3.53. The van der Waals surface area contributed by atoms with E-state index in [1.54, 1.807) is 11.1 Å². The largest absolute Gasteiger partial charge is 0.274 e. The van der Waals surface area contributed by atoms with E-state index in [2.05, 4.69) is 61.1 Å². The molecule has 0 radical (unpaired) electrons. The van der Waals surface area contributed by atoms with Crippen molar-refractivity contribution in [2.45, 2.75) is 50.9 Å². The number of nitrogens with zero attached hydrogens (tertiary/aromatic N) is 3. The number of hydrogen-bond acceptors (Lipinski definition) is 2. The maximum absolute atomic E-state index is 4.44. The van der Waals surface area contributed by atoms with Crippen LogP contribution in [0.25, 0.3) is 0 Å². The van der Waals surface area contributed by atoms with Gasteiger partial charge >= 0.3 is 0 Å². The number of aromatic nitrogens is 2. The Balaban J connectivity index is 1.63. The molecule has 1 unspecified atom stereocenters. The maximum atomic E-state index is 4.44. The average Bonchev–Trinajstić information content (AvgIpc) is 3.27. The van der Waals surface area contributed by atoms with Crippen LogP contribution in [0.2, 0.25) is 0 Å². The first kappa shape index (κ1) is 13.5. The molecule has 0 aliphatic heterocycles. The van der Waals surface area contributed by atoms with Crippen LogP contribution in [0.3, 0.4) is 0 Å². The van der Waals surface area contributed by atoms with Gasteiger partial charge in [-0.25, -0.2) is 0 Å². The van der Waals surface area contributed by atoms with Crippen LogP contribution in [0.15, 0.2) is 41.1 Å². The molecule has 0 saturated heterocycles. The quantitative estimate of drug-likeness (QED) is 0.829. The summed E-state index contributed by atoms with van der Waals surface area (Å²) in [6, 6.07) is 10.3. The van der Waals surface area contributed by atoms with E-state index in [1.165, 1.54) is 32.1 Å². The van der Waals surface area contributed by atoms with Crippen molar-refractivity contribution in [3.8, 4) is 0 Å². The fourth-order valence-corrected chi connectivity index (χ4v) is 3.86. The second-order valence-electron chi connectivity index (χ2n) is 6.19. The Kier molecular flexibility index (Phi) is 3.59. The Bertz CT molecular complexity index is 632. The Morgan fingerprint density at radius 3 is 2.86 bits per heavy atom. The molecule has 0 N–H and O–H groups in total. The molecule has 1 fully saturated rings. The Labute approximate surface area is 134 Å². The molecule has 3 nitrogen and oxygen atoms in total. The Hall–Kier alpha value is -1.13. The monoisotopic (exact) mass is 345 g/mol. The van der Waals surface area contributed by atoms with Gasteiger partial charge in [-0.1, -0.05) is 24.3 Å². The van der Waals surface area contributed by atoms with Gasteiger partial charge in [-0.3, -0.25) is 9.58 Å². The normalized spacial score (nSPS) is 21.5. The van der Waals surface area contributed by atoms with E-state index >= 15 is 0 Å². The van der Waals surface area contributed by atoms with Crippen LogP contribution in [0.5, 0.6) is 0 Å². The molecular formula is C17H20BrN3. The summed E-state index contributed by atoms with van der Waals surface area (Å²) < 4.78 is 3.11. The van der Waals surface area contributed by atoms with E-state index in [-0.39, 0.29) is 0 Å². The Morgan fingerprint density at radius 2 is 2.10 bits per heavy atom. The molecule has 0 spiro atoms. The predicted octanol–water partition coefficient (Wildman–Crippen LogP) is 4.15. The summed E-state index contributed by atoms with van der Waals surface area (Å²) >= 11 is 3.49. The first-order chi connectivity index (χ1) is 10.3. The third-order valence-electron chi connectivity index (χ3n) is 4.66. The molecule has 2 aliphatic rings. The van der Waals surface area contributed by atoms with Crippen LogP contribution in [0, 0.1) is 0 Å². The minimum absolute atomic E-state index is 0.561. The highest BCUT2D eigenvalue weighted by molar-refractivity contribution is 9.10. The fraction of sp³-hybridized carbons (Fsp3) is 0.471. The van der Waals surface area contributed by atoms with E-state index in [4.69, 9.17) is 0 Å². The molecule has 0 amide bonds. The van der Waals surface area contributed by atoms with Gasteiger partial charge in [-0.2, -0.15) is 5.10 Å². The van der Waals surface area contributed by atoms with Crippen molar-refractivity contribution in [1.29, 1.82) is 0 Å². The highest BCUT2D eigenvalue weighted by Gasteiger charge is 2.36. The van der Waals surface area contributed by atoms with Crippen LogP contribution >= 0.6 is 15.9 Å². The lowest BCUT2D eigenvalue weighted by atomic mass is 9.87. The highest BCUT2D eigenvalue weighted by atomic mass is 79.9. The van der Waals surface area contributed by atoms with Crippen molar-refractivity contribution >= 4 is 15.9 Å². The summed E-state index contributed by atoms with van der Waals surface area (Å²) in [5, 5.41) is 4.44. The van der Waals surface area contributed by atoms with Gasteiger partial charge in [-0.15, -0.1) is 0 Å². The van der Waals surface area contributed by atoms with Gasteiger partial charge in [0.1, 0.15) is 0 Å². The highest BCUT2D eigenvalue weighted by Crippen LogP contribution is 2.40. The zero-order valence-corrected chi connectivity index (χ0v) is 13.7. The van der Waals surface area contributed by atoms with Gasteiger partial charge in [-0.05, 0) is 59.2 Å². The van der Waals surface area contributed by atoms with E-state index in [9.17, 15) is 0 Å². The summed E-state index contributed by atoms with van der Waals surface area (Å²) in [5.41, 5.74) is 3.09. The smallest absolute Gasteiger partial charge is 0.0936 e. The third-order valence-corrected chi connectivity index (χ3v) is 5.07. The minimum atomic E-state index is 0.561. The third kappa shape index (κ3) is 2.79. The average molecular weight is 346 g/mol. The second-order valence-corrected chi connectivity index (χ2v) is 7.11. The van der Waals surface area contributed by atoms with Gasteiger partial charge in [0.05, 0.1) is 17.3 Å². The standard InChI is InChI=1S/C17H20BrN3/c18-14-10-19-20(11-14)12-21(15-8-9-15)17-7-3-5-13-4-1-2-6-16(13)17/h1-2,4,6,10-11,15,17H,3,5,7-9,12H2. The van der Waals surface area contributed by atoms with E-state index < -0.39 is 0 Å². The molecule has 1 saturated carbocycles. The van der Waals surface area contributed by atoms with Crippen LogP contribution in [0.4, 0.5) is 0 Å². The zero-order valence-electron chi connectivity index (χ0n) is 12.1. The lowest BCUT2D eigenvalue weighted by molar-refractivity contribution is 0.119. The van der Waals surface area contributed by atoms with Crippen LogP contribution in [0.1, 0.15) is 42.9 Å². The SMILES string of the molecule is Brc1cnn(CN(C2CC2)C2CCCc3ccccc32)c1. The van der Waals surface area contributed by atoms with Gasteiger partial charge in [0.15, 0.2) is 0 Å². The van der Waals surface area contributed by atoms with E-state index in [0.717, 1.165) is 17.2 Å². The van der Waals surface area contributed by atoms with Crippen LogP contribution in [-0.2, 0) is 13.1 Å². The summed E-state index contributed by atoms with van der Waals surface area (Å²) in [4.78, 5) is 2.66. The lowest BCUT2D eigenvalue weighted by Crippen LogP contribution is -2.35. The summed E-state index contributed by atoms with van der Waals surface area (Å²) in [6.45, 7) is 0.898. The molecule has 0 bridgehead atoms. The van der Waals surface area contributed by atoms with Crippen LogP contribution in [-0.4, -0.2) is 20.7 Å². The van der Waals surface area contributed by atoms with Gasteiger partial charge in [0, 0.05) is 18.3 Å². The summed E-state index contributed by atoms with van der Waals surface area (Å²) in [6.07, 6.45) is 10.4. The Morgan fingerprint density at radius 1 is 1.24 bits per heavy atom. The van der Waals surface area contributed by atoms with Crippen LogP contribution < -0.4 is 0 Å². The predicted molar refractivity (Wildman–Crippen MR) is 86.9 cm³/mol. The molecule has 4 heteroatoms. The first-order valence-electron chi connectivity index (χ1n) is 7.83. The van der Waals surface area contributed by atoms with Crippen molar-refractivity contribution in [3.63, 3.8) is 0 Å². The minimum Gasteiger partial charge on any atom is -0.274 e. The molecule has 1 heterocycles. The van der Waals surface area contributed by atoms with Gasteiger partial charge in [0.2, 0.25) is 0 Å². The van der Waals surface area contributed by atoms with Crippen molar-refractivity contribution < 1.29 is 0 Å². The van der Waals surface area contributed by atoms with E-state index in [1.807, 2.05) is 6.20 Å². The number of benzene rings is 1. The van der Waals surface area contributed by atoms with Gasteiger partial charge in [0.25, 0.3) is 0 Å². The number of aryl methyl sites for hydroxylation is 1. The topological polar surface area (TPSA) is 21.1 Å². The molecule has 21 heavy (non-hydrogen) atoms. The molecule has 1 atom stereocenters. The van der Waals surface area contributed by atoms with Crippen molar-refractivity contribution in [1.82, 2.24) is 14.7 Å². The summed E-state index contributed by atoms with van der Waals surface area (Å²) in [7, 11) is 0.